The molecule has 0 aliphatic carbocycles. The summed E-state index contributed by atoms with van der Waals surface area (Å²) in [6.07, 6.45) is 3.50. The maximum atomic E-state index is 10.7. The van der Waals surface area contributed by atoms with Gasteiger partial charge in [0.05, 0.1) is 12.7 Å². The van der Waals surface area contributed by atoms with Gasteiger partial charge < -0.3 is 15.7 Å². The zero-order valence-corrected chi connectivity index (χ0v) is 16.9. The smallest absolute Gasteiger partial charge is 0.191 e. The second kappa shape index (κ2) is 9.77. The van der Waals surface area contributed by atoms with E-state index in [4.69, 9.17) is 0 Å². The molecular weight excluding hydrogens is 316 g/mol. The highest BCUT2D eigenvalue weighted by Crippen LogP contribution is 2.19. The number of aliphatic imine (C=N–C) groups is 1. The minimum Gasteiger partial charge on any atom is -0.383 e. The fraction of sp³-hybridized carbons (Fsp3) is 0.778. The van der Waals surface area contributed by atoms with Crippen molar-refractivity contribution in [1.82, 2.24) is 25.3 Å². The number of aryl methyl sites for hydroxylation is 1. The Morgan fingerprint density at radius 3 is 2.44 bits per heavy atom. The van der Waals surface area contributed by atoms with Crippen LogP contribution in [0.5, 0.6) is 0 Å². The molecule has 144 valence electrons. The molecule has 0 amide bonds. The first-order valence-corrected chi connectivity index (χ1v) is 9.16. The summed E-state index contributed by atoms with van der Waals surface area (Å²) in [6, 6.07) is 1.01. The van der Waals surface area contributed by atoms with Crippen molar-refractivity contribution in [2.24, 2.45) is 12.0 Å². The summed E-state index contributed by atoms with van der Waals surface area (Å²) in [5, 5.41) is 21.4. The normalized spacial score (nSPS) is 15.1. The number of nitrogens with zero attached hydrogens (tertiary/aromatic N) is 4. The standard InChI is InChI=1S/C18H36N6O/c1-8-19-17(20-9-10-24(14(2)3)15(4)5)21-13-18(6,25)16-11-22-23(7)12-16/h11-12,14-15,25H,8-10,13H2,1-7H3,(H2,19,20,21). The van der Waals surface area contributed by atoms with Crippen LogP contribution in [0.4, 0.5) is 0 Å². The van der Waals surface area contributed by atoms with E-state index in [1.807, 2.05) is 20.2 Å². The highest BCUT2D eigenvalue weighted by Gasteiger charge is 2.24. The Bertz CT molecular complexity index is 527. The summed E-state index contributed by atoms with van der Waals surface area (Å²) in [6.45, 7) is 15.4. The van der Waals surface area contributed by atoms with Crippen molar-refractivity contribution >= 4 is 5.96 Å². The first kappa shape index (κ1) is 21.4. The van der Waals surface area contributed by atoms with E-state index in [-0.39, 0.29) is 6.54 Å². The van der Waals surface area contributed by atoms with Crippen LogP contribution in [-0.2, 0) is 12.6 Å². The molecule has 0 radical (unpaired) electrons. The number of rotatable bonds is 9. The van der Waals surface area contributed by atoms with Gasteiger partial charge in [-0.1, -0.05) is 0 Å². The molecule has 25 heavy (non-hydrogen) atoms. The SMILES string of the molecule is CCNC(=NCC(C)(O)c1cnn(C)c1)NCCN(C(C)C)C(C)C. The van der Waals surface area contributed by atoms with Crippen LogP contribution in [-0.4, -0.2) is 64.0 Å². The number of guanidine groups is 1. The molecule has 1 aromatic heterocycles. The number of nitrogens with one attached hydrogen (secondary N) is 2. The molecule has 1 atom stereocenters. The lowest BCUT2D eigenvalue weighted by molar-refractivity contribution is 0.0671. The predicted molar refractivity (Wildman–Crippen MR) is 104 cm³/mol. The maximum absolute atomic E-state index is 10.7. The van der Waals surface area contributed by atoms with Gasteiger partial charge in [0, 0.05) is 50.5 Å². The molecule has 7 nitrogen and oxygen atoms in total. The van der Waals surface area contributed by atoms with Crippen LogP contribution in [0.15, 0.2) is 17.4 Å². The molecular formula is C18H36N6O. The predicted octanol–water partition coefficient (Wildman–Crippen LogP) is 1.30. The number of hydrogen-bond donors (Lipinski definition) is 3. The van der Waals surface area contributed by atoms with Crippen molar-refractivity contribution in [2.45, 2.75) is 59.2 Å². The quantitative estimate of drug-likeness (QED) is 0.461. The lowest BCUT2D eigenvalue weighted by Gasteiger charge is -2.30. The topological polar surface area (TPSA) is 77.7 Å². The number of aliphatic hydroxyl groups is 1. The van der Waals surface area contributed by atoms with Gasteiger partial charge in [0.1, 0.15) is 5.60 Å². The second-order valence-electron chi connectivity index (χ2n) is 7.22. The monoisotopic (exact) mass is 352 g/mol. The van der Waals surface area contributed by atoms with Gasteiger partial charge in [0.2, 0.25) is 0 Å². The molecule has 0 aliphatic rings. The van der Waals surface area contributed by atoms with E-state index in [9.17, 15) is 5.11 Å². The Hall–Kier alpha value is -1.60. The Morgan fingerprint density at radius 1 is 1.32 bits per heavy atom. The first-order valence-electron chi connectivity index (χ1n) is 9.16. The van der Waals surface area contributed by atoms with Crippen LogP contribution in [0.2, 0.25) is 0 Å². The highest BCUT2D eigenvalue weighted by atomic mass is 16.3. The van der Waals surface area contributed by atoms with Crippen LogP contribution in [0.25, 0.3) is 0 Å². The Kier molecular flexibility index (Phi) is 8.38. The van der Waals surface area contributed by atoms with E-state index in [0.29, 0.717) is 12.1 Å². The van der Waals surface area contributed by atoms with Crippen molar-refractivity contribution in [3.8, 4) is 0 Å². The van der Waals surface area contributed by atoms with Crippen molar-refractivity contribution in [3.05, 3.63) is 18.0 Å². The van der Waals surface area contributed by atoms with Gasteiger partial charge in [-0.3, -0.25) is 9.58 Å². The Morgan fingerprint density at radius 2 is 1.96 bits per heavy atom. The van der Waals surface area contributed by atoms with Crippen LogP contribution in [0.1, 0.15) is 47.1 Å². The van der Waals surface area contributed by atoms with Crippen molar-refractivity contribution in [3.63, 3.8) is 0 Å². The molecule has 1 heterocycles. The molecule has 1 unspecified atom stereocenters. The minimum absolute atomic E-state index is 0.270. The summed E-state index contributed by atoms with van der Waals surface area (Å²) in [5.74, 6) is 0.721. The van der Waals surface area contributed by atoms with Crippen LogP contribution < -0.4 is 10.6 Å². The van der Waals surface area contributed by atoms with Crippen LogP contribution >= 0.6 is 0 Å². The molecule has 7 heteroatoms. The van der Waals surface area contributed by atoms with E-state index in [1.165, 1.54) is 0 Å². The largest absolute Gasteiger partial charge is 0.383 e. The summed E-state index contributed by atoms with van der Waals surface area (Å²) >= 11 is 0. The first-order chi connectivity index (χ1) is 11.7. The van der Waals surface area contributed by atoms with Gasteiger partial charge in [-0.25, -0.2) is 4.99 Å². The van der Waals surface area contributed by atoms with Gasteiger partial charge in [-0.05, 0) is 41.5 Å². The molecule has 0 fully saturated rings. The van der Waals surface area contributed by atoms with Crippen molar-refractivity contribution < 1.29 is 5.11 Å². The van der Waals surface area contributed by atoms with Gasteiger partial charge in [-0.2, -0.15) is 5.10 Å². The van der Waals surface area contributed by atoms with Gasteiger partial charge in [-0.15, -0.1) is 0 Å². The Balaban J connectivity index is 2.64. The summed E-state index contributed by atoms with van der Waals surface area (Å²) < 4.78 is 1.68. The minimum atomic E-state index is -1.04. The number of aromatic nitrogens is 2. The van der Waals surface area contributed by atoms with E-state index in [0.717, 1.165) is 31.2 Å². The zero-order valence-electron chi connectivity index (χ0n) is 16.9. The fourth-order valence-electron chi connectivity index (χ4n) is 2.78. The molecule has 0 bridgehead atoms. The number of hydrogen-bond acceptors (Lipinski definition) is 4. The highest BCUT2D eigenvalue weighted by molar-refractivity contribution is 5.79. The van der Waals surface area contributed by atoms with Crippen molar-refractivity contribution in [1.29, 1.82) is 0 Å². The van der Waals surface area contributed by atoms with Crippen LogP contribution in [0.3, 0.4) is 0 Å². The lowest BCUT2D eigenvalue weighted by Crippen LogP contribution is -2.45. The lowest BCUT2D eigenvalue weighted by atomic mass is 10.0. The maximum Gasteiger partial charge on any atom is 0.191 e. The van der Waals surface area contributed by atoms with E-state index in [2.05, 4.69) is 53.3 Å². The molecule has 0 spiro atoms. The van der Waals surface area contributed by atoms with Gasteiger partial charge in [0.15, 0.2) is 5.96 Å². The molecule has 0 aliphatic heterocycles. The molecule has 1 rings (SSSR count). The second-order valence-corrected chi connectivity index (χ2v) is 7.22. The van der Waals surface area contributed by atoms with E-state index < -0.39 is 5.60 Å². The summed E-state index contributed by atoms with van der Waals surface area (Å²) in [5.41, 5.74) is -0.279. The molecule has 0 saturated carbocycles. The van der Waals surface area contributed by atoms with Gasteiger partial charge >= 0.3 is 0 Å². The van der Waals surface area contributed by atoms with Crippen LogP contribution in [0, 0.1) is 0 Å². The average molecular weight is 353 g/mol. The fourth-order valence-corrected chi connectivity index (χ4v) is 2.78. The van der Waals surface area contributed by atoms with E-state index in [1.54, 1.807) is 17.8 Å². The van der Waals surface area contributed by atoms with Crippen molar-refractivity contribution in [2.75, 3.05) is 26.2 Å². The summed E-state index contributed by atoms with van der Waals surface area (Å²) in [7, 11) is 1.84. The third-order valence-corrected chi connectivity index (χ3v) is 4.21. The average Bonchev–Trinajstić information content (AvgIpc) is 2.95. The Labute approximate surface area is 152 Å². The zero-order chi connectivity index (χ0) is 19.0. The third kappa shape index (κ3) is 7.04. The van der Waals surface area contributed by atoms with E-state index >= 15 is 0 Å². The molecule has 0 aromatic carbocycles. The molecule has 1 aromatic rings. The molecule has 3 N–H and O–H groups in total. The summed E-state index contributed by atoms with van der Waals surface area (Å²) in [4.78, 5) is 6.98. The third-order valence-electron chi connectivity index (χ3n) is 4.21. The molecule has 0 saturated heterocycles. The van der Waals surface area contributed by atoms with Gasteiger partial charge in [0.25, 0.3) is 0 Å².